The lowest BCUT2D eigenvalue weighted by Gasteiger charge is -2.25. The largest absolute Gasteiger partial charge is 0.507 e. The van der Waals surface area contributed by atoms with Crippen molar-refractivity contribution in [1.82, 2.24) is 5.32 Å². The van der Waals surface area contributed by atoms with Crippen LogP contribution < -0.4 is 11.1 Å². The van der Waals surface area contributed by atoms with Crippen LogP contribution in [0.3, 0.4) is 0 Å². The number of thiocarbonyl (C=S) groups is 1. The van der Waals surface area contributed by atoms with Crippen molar-refractivity contribution in [2.75, 3.05) is 0 Å². The highest BCUT2D eigenvalue weighted by Crippen LogP contribution is 2.26. The second-order valence-corrected chi connectivity index (χ2v) is 4.55. The van der Waals surface area contributed by atoms with Gasteiger partial charge in [0.2, 0.25) is 0 Å². The molecule has 0 aliphatic carbocycles. The van der Waals surface area contributed by atoms with Crippen LogP contribution in [0.4, 0.5) is 0 Å². The summed E-state index contributed by atoms with van der Waals surface area (Å²) in [6.07, 6.45) is 0. The van der Waals surface area contributed by atoms with Gasteiger partial charge >= 0.3 is 0 Å². The lowest BCUT2D eigenvalue weighted by Crippen LogP contribution is -2.52. The number of benzene rings is 1. The highest BCUT2D eigenvalue weighted by atomic mass is 32.1. The van der Waals surface area contributed by atoms with Crippen molar-refractivity contribution < 1.29 is 15.0 Å². The van der Waals surface area contributed by atoms with E-state index in [-0.39, 0.29) is 22.1 Å². The first-order valence-electron chi connectivity index (χ1n) is 4.89. The molecule has 1 amide bonds. The van der Waals surface area contributed by atoms with Crippen LogP contribution in [0, 0.1) is 0 Å². The van der Waals surface area contributed by atoms with Gasteiger partial charge in [-0.2, -0.15) is 0 Å². The van der Waals surface area contributed by atoms with Crippen LogP contribution in [0.2, 0.25) is 0 Å². The van der Waals surface area contributed by atoms with E-state index in [1.165, 1.54) is 18.2 Å². The van der Waals surface area contributed by atoms with Gasteiger partial charge in [-0.1, -0.05) is 18.3 Å². The van der Waals surface area contributed by atoms with E-state index < -0.39 is 11.4 Å². The van der Waals surface area contributed by atoms with Crippen molar-refractivity contribution in [3.05, 3.63) is 23.8 Å². The Morgan fingerprint density at radius 3 is 2.24 bits per heavy atom. The molecule has 17 heavy (non-hydrogen) atoms. The Morgan fingerprint density at radius 2 is 1.82 bits per heavy atom. The first-order valence-corrected chi connectivity index (χ1v) is 5.30. The fourth-order valence-electron chi connectivity index (χ4n) is 1.17. The van der Waals surface area contributed by atoms with Crippen molar-refractivity contribution >= 4 is 23.1 Å². The normalized spacial score (nSPS) is 10.9. The van der Waals surface area contributed by atoms with Crippen molar-refractivity contribution in [2.45, 2.75) is 19.4 Å². The van der Waals surface area contributed by atoms with E-state index in [2.05, 4.69) is 5.32 Å². The topological polar surface area (TPSA) is 95.6 Å². The molecule has 92 valence electrons. The number of nitrogens with two attached hydrogens (primary N) is 1. The molecule has 0 saturated carbocycles. The molecular formula is C11H14N2O3S. The number of hydrogen-bond donors (Lipinski definition) is 4. The summed E-state index contributed by atoms with van der Waals surface area (Å²) in [7, 11) is 0. The van der Waals surface area contributed by atoms with Gasteiger partial charge in [0.25, 0.3) is 5.91 Å². The number of carbonyl (C=O) groups excluding carboxylic acids is 1. The molecule has 0 atom stereocenters. The number of phenolic OH excluding ortho intramolecular Hbond substituents is 2. The van der Waals surface area contributed by atoms with Crippen LogP contribution in [-0.2, 0) is 0 Å². The minimum atomic E-state index is -0.902. The number of hydrogen-bond acceptors (Lipinski definition) is 4. The smallest absolute Gasteiger partial charge is 0.259 e. The third-order valence-electron chi connectivity index (χ3n) is 2.29. The first-order chi connectivity index (χ1) is 7.75. The maximum Gasteiger partial charge on any atom is 0.259 e. The Kier molecular flexibility index (Phi) is 3.57. The summed E-state index contributed by atoms with van der Waals surface area (Å²) in [6.45, 7) is 3.26. The molecule has 0 aliphatic heterocycles. The Balaban J connectivity index is 3.03. The summed E-state index contributed by atoms with van der Waals surface area (Å²) < 4.78 is 0. The lowest BCUT2D eigenvalue weighted by atomic mass is 10.0. The number of phenols is 2. The SMILES string of the molecule is CC(C)(NC(=O)c1c(O)cccc1O)C(N)=S. The van der Waals surface area contributed by atoms with Gasteiger partial charge in [-0.25, -0.2) is 0 Å². The van der Waals surface area contributed by atoms with Gasteiger partial charge in [-0.05, 0) is 26.0 Å². The van der Waals surface area contributed by atoms with Crippen LogP contribution in [0.15, 0.2) is 18.2 Å². The number of aromatic hydroxyl groups is 2. The number of nitrogens with one attached hydrogen (secondary N) is 1. The summed E-state index contributed by atoms with van der Waals surface area (Å²) in [5.74, 6) is -1.25. The predicted octanol–water partition coefficient (Wildman–Crippen LogP) is 0.892. The van der Waals surface area contributed by atoms with E-state index in [4.69, 9.17) is 18.0 Å². The van der Waals surface area contributed by atoms with Gasteiger partial charge in [0.05, 0.1) is 10.5 Å². The Bertz CT molecular complexity index is 452. The Hall–Kier alpha value is -1.82. The van der Waals surface area contributed by atoms with Crippen LogP contribution in [0.1, 0.15) is 24.2 Å². The third kappa shape index (κ3) is 2.85. The van der Waals surface area contributed by atoms with Gasteiger partial charge in [-0.3, -0.25) is 4.79 Å². The van der Waals surface area contributed by atoms with Crippen LogP contribution in [0.5, 0.6) is 11.5 Å². The van der Waals surface area contributed by atoms with Gasteiger partial charge < -0.3 is 21.3 Å². The van der Waals surface area contributed by atoms with Crippen molar-refractivity contribution in [2.24, 2.45) is 5.73 Å². The lowest BCUT2D eigenvalue weighted by molar-refractivity contribution is 0.0926. The zero-order chi connectivity index (χ0) is 13.2. The average Bonchev–Trinajstić information content (AvgIpc) is 2.15. The van der Waals surface area contributed by atoms with Gasteiger partial charge in [-0.15, -0.1) is 0 Å². The van der Waals surface area contributed by atoms with E-state index in [1.807, 2.05) is 0 Å². The van der Waals surface area contributed by atoms with Crippen LogP contribution in [-0.4, -0.2) is 26.6 Å². The third-order valence-corrected chi connectivity index (χ3v) is 2.80. The molecule has 0 saturated heterocycles. The molecule has 0 aromatic heterocycles. The summed E-state index contributed by atoms with van der Waals surface area (Å²) in [4.78, 5) is 12.0. The number of amides is 1. The summed E-state index contributed by atoms with van der Waals surface area (Å²) in [6, 6.07) is 4.05. The molecule has 5 N–H and O–H groups in total. The summed E-state index contributed by atoms with van der Waals surface area (Å²) >= 11 is 4.80. The first kappa shape index (κ1) is 13.2. The van der Waals surface area contributed by atoms with E-state index in [1.54, 1.807) is 13.8 Å². The van der Waals surface area contributed by atoms with E-state index >= 15 is 0 Å². The van der Waals surface area contributed by atoms with Gasteiger partial charge in [0.15, 0.2) is 0 Å². The minimum absolute atomic E-state index is 0.112. The maximum absolute atomic E-state index is 11.9. The molecule has 1 aromatic carbocycles. The number of carbonyl (C=O) groups is 1. The Morgan fingerprint density at radius 1 is 1.35 bits per heavy atom. The molecule has 0 fully saturated rings. The molecule has 0 bridgehead atoms. The Labute approximate surface area is 104 Å². The van der Waals surface area contributed by atoms with Crippen molar-refractivity contribution in [1.29, 1.82) is 0 Å². The summed E-state index contributed by atoms with van der Waals surface area (Å²) in [5.41, 5.74) is 4.37. The molecule has 5 nitrogen and oxygen atoms in total. The number of rotatable bonds is 3. The molecular weight excluding hydrogens is 240 g/mol. The molecule has 0 unspecified atom stereocenters. The van der Waals surface area contributed by atoms with E-state index in [0.29, 0.717) is 0 Å². The molecule has 6 heteroatoms. The highest BCUT2D eigenvalue weighted by Gasteiger charge is 2.26. The zero-order valence-electron chi connectivity index (χ0n) is 9.52. The summed E-state index contributed by atoms with van der Waals surface area (Å²) in [5, 5.41) is 21.6. The maximum atomic E-state index is 11.9. The second kappa shape index (κ2) is 4.58. The molecule has 0 radical (unpaired) electrons. The zero-order valence-corrected chi connectivity index (χ0v) is 10.3. The average molecular weight is 254 g/mol. The monoisotopic (exact) mass is 254 g/mol. The molecule has 0 aliphatic rings. The second-order valence-electron chi connectivity index (χ2n) is 4.11. The van der Waals surface area contributed by atoms with E-state index in [9.17, 15) is 15.0 Å². The molecule has 0 heterocycles. The predicted molar refractivity (Wildman–Crippen MR) is 68.1 cm³/mol. The van der Waals surface area contributed by atoms with Gasteiger partial charge in [0, 0.05) is 0 Å². The fourth-order valence-corrected chi connectivity index (χ4v) is 1.22. The standard InChI is InChI=1S/C11H14N2O3S/c1-11(2,10(12)17)13-9(16)8-6(14)4-3-5-7(8)15/h3-5,14-15H,1-2H3,(H2,12,17)(H,13,16). The molecule has 1 aromatic rings. The minimum Gasteiger partial charge on any atom is -0.507 e. The van der Waals surface area contributed by atoms with Crippen LogP contribution >= 0.6 is 12.2 Å². The molecule has 1 rings (SSSR count). The quantitative estimate of drug-likeness (QED) is 0.601. The van der Waals surface area contributed by atoms with Gasteiger partial charge in [0.1, 0.15) is 17.1 Å². The van der Waals surface area contributed by atoms with E-state index in [0.717, 1.165) is 0 Å². The fraction of sp³-hybridized carbons (Fsp3) is 0.273. The highest BCUT2D eigenvalue weighted by molar-refractivity contribution is 7.80. The molecule has 0 spiro atoms. The van der Waals surface area contributed by atoms with Crippen molar-refractivity contribution in [3.63, 3.8) is 0 Å². The van der Waals surface area contributed by atoms with Crippen molar-refractivity contribution in [3.8, 4) is 11.5 Å². The van der Waals surface area contributed by atoms with Crippen LogP contribution in [0.25, 0.3) is 0 Å².